The highest BCUT2D eigenvalue weighted by Crippen LogP contribution is 2.24. The van der Waals surface area contributed by atoms with E-state index >= 15 is 0 Å². The predicted molar refractivity (Wildman–Crippen MR) is 116 cm³/mol. The minimum absolute atomic E-state index is 0.0184. The molecule has 2 aromatic heterocycles. The van der Waals surface area contributed by atoms with Crippen molar-refractivity contribution in [3.63, 3.8) is 0 Å². The fourth-order valence-corrected chi connectivity index (χ4v) is 3.55. The summed E-state index contributed by atoms with van der Waals surface area (Å²) in [5, 5.41) is 11.6. The molecule has 3 heterocycles. The molecular formula is C22H30N6O2. The van der Waals surface area contributed by atoms with Crippen molar-refractivity contribution in [3.05, 3.63) is 41.6 Å². The highest BCUT2D eigenvalue weighted by atomic mass is 16.5. The second-order valence-corrected chi connectivity index (χ2v) is 8.05. The lowest BCUT2D eigenvalue weighted by Gasteiger charge is -2.23. The van der Waals surface area contributed by atoms with Gasteiger partial charge in [0, 0.05) is 12.6 Å². The van der Waals surface area contributed by atoms with Crippen molar-refractivity contribution in [1.29, 1.82) is 0 Å². The number of nitrogens with one attached hydrogen (secondary N) is 2. The highest BCUT2D eigenvalue weighted by molar-refractivity contribution is 5.48. The van der Waals surface area contributed by atoms with Crippen molar-refractivity contribution >= 4 is 11.6 Å². The Morgan fingerprint density at radius 3 is 2.63 bits per heavy atom. The molecule has 1 aromatic carbocycles. The molecule has 0 radical (unpaired) electrons. The van der Waals surface area contributed by atoms with Gasteiger partial charge >= 0.3 is 6.01 Å². The monoisotopic (exact) mass is 410 g/mol. The molecule has 0 aliphatic carbocycles. The maximum Gasteiger partial charge on any atom is 0.322 e. The van der Waals surface area contributed by atoms with Crippen LogP contribution in [0, 0.1) is 0 Å². The highest BCUT2D eigenvalue weighted by Gasteiger charge is 2.20. The molecule has 8 heteroatoms. The van der Waals surface area contributed by atoms with Crippen molar-refractivity contribution in [2.45, 2.75) is 51.7 Å². The third kappa shape index (κ3) is 4.48. The van der Waals surface area contributed by atoms with Crippen LogP contribution in [-0.2, 0) is 0 Å². The van der Waals surface area contributed by atoms with Crippen molar-refractivity contribution < 1.29 is 9.47 Å². The van der Waals surface area contributed by atoms with E-state index in [0.29, 0.717) is 17.9 Å². The van der Waals surface area contributed by atoms with Crippen LogP contribution in [0.4, 0.5) is 5.95 Å². The number of hydrogen-bond acceptors (Lipinski definition) is 7. The summed E-state index contributed by atoms with van der Waals surface area (Å²) in [5.74, 6) is 1.75. The predicted octanol–water partition coefficient (Wildman–Crippen LogP) is 3.56. The summed E-state index contributed by atoms with van der Waals surface area (Å²) in [7, 11) is 1.67. The van der Waals surface area contributed by atoms with E-state index in [0.717, 1.165) is 48.6 Å². The Morgan fingerprint density at radius 1 is 1.17 bits per heavy atom. The second-order valence-electron chi connectivity index (χ2n) is 8.05. The molecule has 1 saturated heterocycles. The summed E-state index contributed by atoms with van der Waals surface area (Å²) in [4.78, 5) is 9.29. The van der Waals surface area contributed by atoms with E-state index in [1.165, 1.54) is 0 Å². The van der Waals surface area contributed by atoms with Gasteiger partial charge in [-0.1, -0.05) is 26.0 Å². The number of hydrogen-bond donors (Lipinski definition) is 2. The topological polar surface area (TPSA) is 85.6 Å². The second kappa shape index (κ2) is 8.87. The summed E-state index contributed by atoms with van der Waals surface area (Å²) in [6, 6.07) is 10.4. The molecule has 0 amide bonds. The number of ether oxygens (including phenoxy) is 2. The number of piperidine rings is 1. The van der Waals surface area contributed by atoms with E-state index in [4.69, 9.17) is 14.6 Å². The number of anilines is 1. The third-order valence-corrected chi connectivity index (χ3v) is 5.40. The van der Waals surface area contributed by atoms with Crippen molar-refractivity contribution in [3.8, 4) is 11.8 Å². The molecule has 160 valence electrons. The summed E-state index contributed by atoms with van der Waals surface area (Å²) in [6.45, 7) is 8.18. The standard InChI is InChI=1S/C22H30N6O2/c1-14(2)19-12-20-25-22(30-18-6-5-11-23-13-18)26-21(28(20)27-19)24-15(3)16-7-9-17(29-4)10-8-16/h7-10,12,14-15,18,23H,5-6,11,13H2,1-4H3,(H,24,25,26)/t15-,18+/m0/s1. The first-order chi connectivity index (χ1) is 14.5. The van der Waals surface area contributed by atoms with Crippen LogP contribution < -0.4 is 20.1 Å². The van der Waals surface area contributed by atoms with Gasteiger partial charge in [-0.2, -0.15) is 19.6 Å². The van der Waals surface area contributed by atoms with Crippen LogP contribution in [-0.4, -0.2) is 45.9 Å². The normalized spacial score (nSPS) is 17.8. The van der Waals surface area contributed by atoms with Crippen LogP contribution in [0.15, 0.2) is 30.3 Å². The zero-order chi connectivity index (χ0) is 21.1. The zero-order valence-electron chi connectivity index (χ0n) is 18.1. The van der Waals surface area contributed by atoms with Crippen LogP contribution in [0.25, 0.3) is 5.65 Å². The average Bonchev–Trinajstić information content (AvgIpc) is 3.19. The SMILES string of the molecule is COc1ccc([C@H](C)Nc2nc(O[C@@H]3CCCNC3)nc3cc(C(C)C)nn23)cc1. The fraction of sp³-hybridized carbons (Fsp3) is 0.500. The number of methoxy groups -OCH3 is 1. The Balaban J connectivity index is 1.64. The van der Waals surface area contributed by atoms with E-state index in [-0.39, 0.29) is 12.1 Å². The van der Waals surface area contributed by atoms with E-state index < -0.39 is 0 Å². The first kappa shape index (κ1) is 20.4. The van der Waals surface area contributed by atoms with Crippen LogP contribution in [0.2, 0.25) is 0 Å². The van der Waals surface area contributed by atoms with Crippen LogP contribution >= 0.6 is 0 Å². The van der Waals surface area contributed by atoms with E-state index in [1.54, 1.807) is 11.6 Å². The van der Waals surface area contributed by atoms with Crippen LogP contribution in [0.5, 0.6) is 11.8 Å². The lowest BCUT2D eigenvalue weighted by atomic mass is 10.1. The van der Waals surface area contributed by atoms with Gasteiger partial charge in [-0.3, -0.25) is 0 Å². The van der Waals surface area contributed by atoms with Gasteiger partial charge in [0.1, 0.15) is 11.9 Å². The molecule has 0 bridgehead atoms. The molecule has 3 aromatic rings. The summed E-state index contributed by atoms with van der Waals surface area (Å²) in [5.41, 5.74) is 2.83. The van der Waals surface area contributed by atoms with E-state index in [1.807, 2.05) is 30.3 Å². The lowest BCUT2D eigenvalue weighted by Crippen LogP contribution is -2.37. The van der Waals surface area contributed by atoms with Gasteiger partial charge in [0.2, 0.25) is 5.95 Å². The quantitative estimate of drug-likeness (QED) is 0.616. The third-order valence-electron chi connectivity index (χ3n) is 5.40. The largest absolute Gasteiger partial charge is 0.497 e. The number of aromatic nitrogens is 4. The molecule has 2 atom stereocenters. The molecule has 1 fully saturated rings. The molecule has 2 N–H and O–H groups in total. The first-order valence-electron chi connectivity index (χ1n) is 10.6. The van der Waals surface area contributed by atoms with Crippen molar-refractivity contribution in [2.24, 2.45) is 0 Å². The van der Waals surface area contributed by atoms with E-state index in [2.05, 4.69) is 41.4 Å². The maximum absolute atomic E-state index is 6.11. The zero-order valence-corrected chi connectivity index (χ0v) is 18.1. The molecule has 0 spiro atoms. The molecule has 0 saturated carbocycles. The summed E-state index contributed by atoms with van der Waals surface area (Å²) in [6.07, 6.45) is 2.18. The number of nitrogens with zero attached hydrogens (tertiary/aromatic N) is 4. The first-order valence-corrected chi connectivity index (χ1v) is 10.6. The van der Waals surface area contributed by atoms with Gasteiger partial charge in [-0.05, 0) is 49.9 Å². The molecule has 30 heavy (non-hydrogen) atoms. The lowest BCUT2D eigenvalue weighted by molar-refractivity contribution is 0.153. The minimum Gasteiger partial charge on any atom is -0.497 e. The van der Waals surface area contributed by atoms with Crippen LogP contribution in [0.1, 0.15) is 56.8 Å². The Kier molecular flexibility index (Phi) is 6.03. The molecular weight excluding hydrogens is 380 g/mol. The average molecular weight is 411 g/mol. The smallest absolute Gasteiger partial charge is 0.322 e. The minimum atomic E-state index is 0.0184. The van der Waals surface area contributed by atoms with Gasteiger partial charge in [0.05, 0.1) is 18.8 Å². The number of benzene rings is 1. The maximum atomic E-state index is 6.11. The van der Waals surface area contributed by atoms with Gasteiger partial charge in [-0.25, -0.2) is 0 Å². The summed E-state index contributed by atoms with van der Waals surface area (Å²) >= 11 is 0. The molecule has 8 nitrogen and oxygen atoms in total. The van der Waals surface area contributed by atoms with Crippen molar-refractivity contribution in [2.75, 3.05) is 25.5 Å². The van der Waals surface area contributed by atoms with Gasteiger partial charge in [0.25, 0.3) is 0 Å². The van der Waals surface area contributed by atoms with Crippen molar-refractivity contribution in [1.82, 2.24) is 24.9 Å². The Bertz CT molecular complexity index is 979. The van der Waals surface area contributed by atoms with Crippen LogP contribution in [0.3, 0.4) is 0 Å². The molecule has 4 rings (SSSR count). The fourth-order valence-electron chi connectivity index (χ4n) is 3.55. The van der Waals surface area contributed by atoms with Gasteiger partial charge in [-0.15, -0.1) is 0 Å². The van der Waals surface area contributed by atoms with Gasteiger partial charge in [0.15, 0.2) is 5.65 Å². The Labute approximate surface area is 177 Å². The Morgan fingerprint density at radius 2 is 1.97 bits per heavy atom. The molecule has 1 aliphatic rings. The van der Waals surface area contributed by atoms with E-state index in [9.17, 15) is 0 Å². The molecule has 0 unspecified atom stereocenters. The summed E-state index contributed by atoms with van der Waals surface area (Å²) < 4.78 is 13.1. The van der Waals surface area contributed by atoms with Gasteiger partial charge < -0.3 is 20.1 Å². The Hall–Kier alpha value is -2.87. The number of fused-ring (bicyclic) bond motifs is 1. The number of rotatable bonds is 7. The molecule has 1 aliphatic heterocycles.